The fraction of sp³-hybridized carbons (Fsp3) is 0.571. The first-order valence-corrected chi connectivity index (χ1v) is 6.41. The summed E-state index contributed by atoms with van der Waals surface area (Å²) in [7, 11) is 1.73. The molecule has 0 radical (unpaired) electrons. The van der Waals surface area contributed by atoms with Crippen molar-refractivity contribution in [3.8, 4) is 5.75 Å². The molecule has 0 aliphatic carbocycles. The Morgan fingerprint density at radius 1 is 1.47 bits per heavy atom. The van der Waals surface area contributed by atoms with E-state index in [1.807, 2.05) is 12.1 Å². The van der Waals surface area contributed by atoms with Crippen LogP contribution in [0.4, 0.5) is 0 Å². The van der Waals surface area contributed by atoms with Gasteiger partial charge in [-0.15, -0.1) is 0 Å². The number of rotatable bonds is 5. The van der Waals surface area contributed by atoms with Crippen LogP contribution in [0.1, 0.15) is 31.4 Å². The molecule has 1 aromatic carbocycles. The summed E-state index contributed by atoms with van der Waals surface area (Å²) >= 11 is 0. The van der Waals surface area contributed by atoms with Crippen molar-refractivity contribution in [2.24, 2.45) is 0 Å². The highest BCUT2D eigenvalue weighted by atomic mass is 16.5. The number of para-hydroxylation sites is 1. The fourth-order valence-corrected chi connectivity index (χ4v) is 2.38. The van der Waals surface area contributed by atoms with E-state index in [1.165, 1.54) is 18.4 Å². The summed E-state index contributed by atoms with van der Waals surface area (Å²) in [6.45, 7) is 4.38. The molecule has 2 atom stereocenters. The lowest BCUT2D eigenvalue weighted by molar-refractivity contribution is 0.399. The van der Waals surface area contributed by atoms with Crippen LogP contribution in [-0.4, -0.2) is 26.2 Å². The molecule has 1 heterocycles. The molecule has 1 fully saturated rings. The summed E-state index contributed by atoms with van der Waals surface area (Å²) in [5, 5.41) is 7.07. The van der Waals surface area contributed by atoms with Gasteiger partial charge < -0.3 is 15.4 Å². The van der Waals surface area contributed by atoms with Crippen molar-refractivity contribution < 1.29 is 4.74 Å². The van der Waals surface area contributed by atoms with Gasteiger partial charge in [-0.3, -0.25) is 0 Å². The molecule has 1 saturated heterocycles. The van der Waals surface area contributed by atoms with E-state index in [1.54, 1.807) is 7.11 Å². The van der Waals surface area contributed by atoms with Crippen molar-refractivity contribution in [3.05, 3.63) is 29.8 Å². The second-order valence-electron chi connectivity index (χ2n) is 4.67. The summed E-state index contributed by atoms with van der Waals surface area (Å²) in [5.74, 6) is 0.965. The predicted molar refractivity (Wildman–Crippen MR) is 70.4 cm³/mol. The Hall–Kier alpha value is -1.06. The van der Waals surface area contributed by atoms with Crippen LogP contribution in [0.2, 0.25) is 0 Å². The molecule has 17 heavy (non-hydrogen) atoms. The average Bonchev–Trinajstić information content (AvgIpc) is 2.89. The summed E-state index contributed by atoms with van der Waals surface area (Å²) in [6.07, 6.45) is 2.58. The van der Waals surface area contributed by atoms with Crippen molar-refractivity contribution in [2.75, 3.05) is 20.2 Å². The summed E-state index contributed by atoms with van der Waals surface area (Å²) in [4.78, 5) is 0. The van der Waals surface area contributed by atoms with Crippen LogP contribution in [0.15, 0.2) is 24.3 Å². The minimum absolute atomic E-state index is 0.327. The van der Waals surface area contributed by atoms with Gasteiger partial charge in [0.2, 0.25) is 0 Å². The Balaban J connectivity index is 1.91. The number of methoxy groups -OCH3 is 1. The first kappa shape index (κ1) is 12.4. The van der Waals surface area contributed by atoms with Crippen molar-refractivity contribution >= 4 is 0 Å². The third-order valence-corrected chi connectivity index (χ3v) is 3.44. The predicted octanol–water partition coefficient (Wildman–Crippen LogP) is 2.10. The van der Waals surface area contributed by atoms with E-state index in [0.29, 0.717) is 12.1 Å². The van der Waals surface area contributed by atoms with E-state index < -0.39 is 0 Å². The minimum Gasteiger partial charge on any atom is -0.496 e. The van der Waals surface area contributed by atoms with Crippen molar-refractivity contribution in [1.82, 2.24) is 10.6 Å². The smallest absolute Gasteiger partial charge is 0.123 e. The van der Waals surface area contributed by atoms with Crippen LogP contribution >= 0.6 is 0 Å². The standard InChI is InChI=1S/C14H22N2O/c1-11(16-10-12-6-5-9-15-12)13-7-3-4-8-14(13)17-2/h3-4,7-8,11-12,15-16H,5-6,9-10H2,1-2H3/t11-,12?/m1/s1. The molecule has 1 aliphatic heterocycles. The van der Waals surface area contributed by atoms with Gasteiger partial charge in [0.25, 0.3) is 0 Å². The molecule has 3 nitrogen and oxygen atoms in total. The van der Waals surface area contributed by atoms with E-state index in [0.717, 1.165) is 18.8 Å². The highest BCUT2D eigenvalue weighted by Gasteiger charge is 2.16. The fourth-order valence-electron chi connectivity index (χ4n) is 2.38. The summed E-state index contributed by atoms with van der Waals surface area (Å²) < 4.78 is 5.38. The van der Waals surface area contributed by atoms with Crippen LogP contribution in [0.5, 0.6) is 5.75 Å². The third-order valence-electron chi connectivity index (χ3n) is 3.44. The molecule has 0 spiro atoms. The molecule has 1 aromatic rings. The van der Waals surface area contributed by atoms with Gasteiger partial charge in [-0.1, -0.05) is 18.2 Å². The van der Waals surface area contributed by atoms with Crippen LogP contribution in [0.25, 0.3) is 0 Å². The maximum absolute atomic E-state index is 5.38. The molecule has 2 N–H and O–H groups in total. The molecule has 1 aliphatic rings. The molecule has 3 heteroatoms. The van der Waals surface area contributed by atoms with Crippen LogP contribution in [-0.2, 0) is 0 Å². The molecular weight excluding hydrogens is 212 g/mol. The Kier molecular flexibility index (Phi) is 4.40. The van der Waals surface area contributed by atoms with Gasteiger partial charge in [0.05, 0.1) is 7.11 Å². The largest absolute Gasteiger partial charge is 0.496 e. The second kappa shape index (κ2) is 6.03. The normalized spacial score (nSPS) is 21.4. The number of hydrogen-bond acceptors (Lipinski definition) is 3. The van der Waals surface area contributed by atoms with Gasteiger partial charge in [0.15, 0.2) is 0 Å². The SMILES string of the molecule is COc1ccccc1[C@@H](C)NCC1CCCN1. The van der Waals surface area contributed by atoms with E-state index in [9.17, 15) is 0 Å². The highest BCUT2D eigenvalue weighted by molar-refractivity contribution is 5.35. The molecule has 2 rings (SSSR count). The monoisotopic (exact) mass is 234 g/mol. The highest BCUT2D eigenvalue weighted by Crippen LogP contribution is 2.24. The van der Waals surface area contributed by atoms with Gasteiger partial charge in [-0.05, 0) is 32.4 Å². The lowest BCUT2D eigenvalue weighted by Gasteiger charge is -2.19. The van der Waals surface area contributed by atoms with Gasteiger partial charge in [-0.25, -0.2) is 0 Å². The van der Waals surface area contributed by atoms with Crippen LogP contribution < -0.4 is 15.4 Å². The van der Waals surface area contributed by atoms with Crippen molar-refractivity contribution in [3.63, 3.8) is 0 Å². The Morgan fingerprint density at radius 3 is 3.00 bits per heavy atom. The van der Waals surface area contributed by atoms with Gasteiger partial charge in [0, 0.05) is 24.2 Å². The van der Waals surface area contributed by atoms with Crippen LogP contribution in [0, 0.1) is 0 Å². The Morgan fingerprint density at radius 2 is 2.29 bits per heavy atom. The first-order chi connectivity index (χ1) is 8.31. The maximum atomic E-state index is 5.38. The zero-order valence-corrected chi connectivity index (χ0v) is 10.7. The molecule has 94 valence electrons. The zero-order valence-electron chi connectivity index (χ0n) is 10.7. The average molecular weight is 234 g/mol. The number of nitrogens with one attached hydrogen (secondary N) is 2. The van der Waals surface area contributed by atoms with Gasteiger partial charge in [-0.2, -0.15) is 0 Å². The van der Waals surface area contributed by atoms with Crippen LogP contribution in [0.3, 0.4) is 0 Å². The molecular formula is C14H22N2O. The van der Waals surface area contributed by atoms with Crippen molar-refractivity contribution in [1.29, 1.82) is 0 Å². The molecule has 0 amide bonds. The maximum Gasteiger partial charge on any atom is 0.123 e. The first-order valence-electron chi connectivity index (χ1n) is 6.41. The minimum atomic E-state index is 0.327. The van der Waals surface area contributed by atoms with E-state index in [-0.39, 0.29) is 0 Å². The van der Waals surface area contributed by atoms with E-state index in [4.69, 9.17) is 4.74 Å². The van der Waals surface area contributed by atoms with Gasteiger partial charge in [0.1, 0.15) is 5.75 Å². The summed E-state index contributed by atoms with van der Waals surface area (Å²) in [6, 6.07) is 9.16. The summed E-state index contributed by atoms with van der Waals surface area (Å²) in [5.41, 5.74) is 1.23. The number of benzene rings is 1. The Labute approximate surface area is 104 Å². The Bertz CT molecular complexity index is 348. The van der Waals surface area contributed by atoms with E-state index >= 15 is 0 Å². The topological polar surface area (TPSA) is 33.3 Å². The van der Waals surface area contributed by atoms with Crippen molar-refractivity contribution in [2.45, 2.75) is 31.8 Å². The van der Waals surface area contributed by atoms with E-state index in [2.05, 4.69) is 29.7 Å². The second-order valence-corrected chi connectivity index (χ2v) is 4.67. The lowest BCUT2D eigenvalue weighted by Crippen LogP contribution is -2.35. The third kappa shape index (κ3) is 3.20. The number of hydrogen-bond donors (Lipinski definition) is 2. The lowest BCUT2D eigenvalue weighted by atomic mass is 10.1. The number of ether oxygens (including phenoxy) is 1. The quantitative estimate of drug-likeness (QED) is 0.818. The molecule has 0 saturated carbocycles. The van der Waals surface area contributed by atoms with Gasteiger partial charge >= 0.3 is 0 Å². The zero-order chi connectivity index (χ0) is 12.1. The molecule has 1 unspecified atom stereocenters. The molecule has 0 bridgehead atoms. The molecule has 0 aromatic heterocycles.